The second-order valence-electron chi connectivity index (χ2n) is 4.62. The molecule has 1 fully saturated rings. The number of aliphatic hydroxyl groups excluding tert-OH is 1. The Morgan fingerprint density at radius 3 is 3.00 bits per heavy atom. The first-order valence-electron chi connectivity index (χ1n) is 6.40. The standard InChI is InChI=1S/C14H21NO2/c1-2-17-13-5-3-4-11(8-13)9-15-10-14(16)12-6-7-12/h3-5,8,12,14-16H,2,6-7,9-10H2,1H3. The molecule has 3 heteroatoms. The summed E-state index contributed by atoms with van der Waals surface area (Å²) in [6, 6.07) is 8.07. The molecule has 0 spiro atoms. The van der Waals surface area contributed by atoms with Gasteiger partial charge in [0.1, 0.15) is 5.75 Å². The van der Waals surface area contributed by atoms with E-state index in [1.807, 2.05) is 25.1 Å². The Labute approximate surface area is 103 Å². The molecule has 1 aliphatic rings. The average Bonchev–Trinajstić information content (AvgIpc) is 3.14. The lowest BCUT2D eigenvalue weighted by Gasteiger charge is -2.11. The molecular formula is C14H21NO2. The normalized spacial score (nSPS) is 16.8. The first-order chi connectivity index (χ1) is 8.29. The fourth-order valence-corrected chi connectivity index (χ4v) is 1.92. The second kappa shape index (κ2) is 6.03. The lowest BCUT2D eigenvalue weighted by molar-refractivity contribution is 0.148. The van der Waals surface area contributed by atoms with Crippen molar-refractivity contribution in [1.29, 1.82) is 0 Å². The van der Waals surface area contributed by atoms with Crippen LogP contribution in [-0.2, 0) is 6.54 Å². The van der Waals surface area contributed by atoms with Crippen molar-refractivity contribution >= 4 is 0 Å². The number of hydrogen-bond donors (Lipinski definition) is 2. The molecule has 3 nitrogen and oxygen atoms in total. The monoisotopic (exact) mass is 235 g/mol. The predicted molar refractivity (Wildman–Crippen MR) is 68.0 cm³/mol. The largest absolute Gasteiger partial charge is 0.494 e. The van der Waals surface area contributed by atoms with E-state index in [1.54, 1.807) is 0 Å². The molecule has 1 saturated carbocycles. The van der Waals surface area contributed by atoms with Crippen molar-refractivity contribution in [1.82, 2.24) is 5.32 Å². The molecule has 0 amide bonds. The highest BCUT2D eigenvalue weighted by atomic mass is 16.5. The first kappa shape index (κ1) is 12.4. The molecule has 94 valence electrons. The Balaban J connectivity index is 1.75. The maximum atomic E-state index is 9.72. The van der Waals surface area contributed by atoms with Crippen LogP contribution in [0.25, 0.3) is 0 Å². The summed E-state index contributed by atoms with van der Waals surface area (Å²) in [5.41, 5.74) is 1.19. The van der Waals surface area contributed by atoms with Crippen molar-refractivity contribution in [3.8, 4) is 5.75 Å². The maximum Gasteiger partial charge on any atom is 0.119 e. The van der Waals surface area contributed by atoms with E-state index in [1.165, 1.54) is 18.4 Å². The third-order valence-electron chi connectivity index (χ3n) is 3.06. The Morgan fingerprint density at radius 2 is 2.29 bits per heavy atom. The molecule has 0 saturated heterocycles. The fraction of sp³-hybridized carbons (Fsp3) is 0.571. The number of benzene rings is 1. The highest BCUT2D eigenvalue weighted by Gasteiger charge is 2.28. The molecule has 0 bridgehead atoms. The molecular weight excluding hydrogens is 214 g/mol. The van der Waals surface area contributed by atoms with Gasteiger partial charge in [0, 0.05) is 13.1 Å². The minimum Gasteiger partial charge on any atom is -0.494 e. The van der Waals surface area contributed by atoms with Crippen LogP contribution in [-0.4, -0.2) is 24.4 Å². The smallest absolute Gasteiger partial charge is 0.119 e. The number of rotatable bonds is 7. The van der Waals surface area contributed by atoms with E-state index < -0.39 is 0 Å². The zero-order valence-electron chi connectivity index (χ0n) is 10.4. The van der Waals surface area contributed by atoms with E-state index in [9.17, 15) is 5.11 Å². The molecule has 1 unspecified atom stereocenters. The van der Waals surface area contributed by atoms with E-state index >= 15 is 0 Å². The van der Waals surface area contributed by atoms with Crippen LogP contribution in [0.4, 0.5) is 0 Å². The first-order valence-corrected chi connectivity index (χ1v) is 6.40. The van der Waals surface area contributed by atoms with Gasteiger partial charge in [0.15, 0.2) is 0 Å². The van der Waals surface area contributed by atoms with Gasteiger partial charge in [-0.3, -0.25) is 0 Å². The summed E-state index contributed by atoms with van der Waals surface area (Å²) in [5, 5.41) is 13.0. The SMILES string of the molecule is CCOc1cccc(CNCC(O)C2CC2)c1. The van der Waals surface area contributed by atoms with Crippen LogP contribution in [0.15, 0.2) is 24.3 Å². The Kier molecular flexibility index (Phi) is 4.40. The van der Waals surface area contributed by atoms with Gasteiger partial charge in [-0.1, -0.05) is 12.1 Å². The van der Waals surface area contributed by atoms with Crippen LogP contribution in [0.1, 0.15) is 25.3 Å². The van der Waals surface area contributed by atoms with Crippen LogP contribution < -0.4 is 10.1 Å². The molecule has 0 radical (unpaired) electrons. The number of nitrogens with one attached hydrogen (secondary N) is 1. The van der Waals surface area contributed by atoms with Crippen LogP contribution >= 0.6 is 0 Å². The molecule has 0 heterocycles. The van der Waals surface area contributed by atoms with Gasteiger partial charge < -0.3 is 15.2 Å². The van der Waals surface area contributed by atoms with E-state index in [0.29, 0.717) is 19.1 Å². The zero-order chi connectivity index (χ0) is 12.1. The Bertz CT molecular complexity index is 350. The van der Waals surface area contributed by atoms with Crippen molar-refractivity contribution in [2.24, 2.45) is 5.92 Å². The van der Waals surface area contributed by atoms with Gasteiger partial charge in [0.2, 0.25) is 0 Å². The molecule has 0 aromatic heterocycles. The summed E-state index contributed by atoms with van der Waals surface area (Å²) in [6.45, 7) is 4.14. The van der Waals surface area contributed by atoms with Gasteiger partial charge in [0.25, 0.3) is 0 Å². The van der Waals surface area contributed by atoms with Crippen molar-refractivity contribution in [3.63, 3.8) is 0 Å². The molecule has 17 heavy (non-hydrogen) atoms. The minimum absolute atomic E-state index is 0.176. The van der Waals surface area contributed by atoms with Crippen molar-refractivity contribution < 1.29 is 9.84 Å². The topological polar surface area (TPSA) is 41.5 Å². The Morgan fingerprint density at radius 1 is 1.47 bits per heavy atom. The fourth-order valence-electron chi connectivity index (χ4n) is 1.92. The summed E-state index contributed by atoms with van der Waals surface area (Å²) >= 11 is 0. The summed E-state index contributed by atoms with van der Waals surface area (Å²) in [4.78, 5) is 0. The number of hydrogen-bond acceptors (Lipinski definition) is 3. The van der Waals surface area contributed by atoms with E-state index in [-0.39, 0.29) is 6.10 Å². The third kappa shape index (κ3) is 4.02. The van der Waals surface area contributed by atoms with E-state index in [2.05, 4.69) is 11.4 Å². The highest BCUT2D eigenvalue weighted by molar-refractivity contribution is 5.28. The van der Waals surface area contributed by atoms with E-state index in [4.69, 9.17) is 4.74 Å². The summed E-state index contributed by atoms with van der Waals surface area (Å²) in [7, 11) is 0. The summed E-state index contributed by atoms with van der Waals surface area (Å²) in [5.74, 6) is 1.45. The molecule has 1 aromatic carbocycles. The Hall–Kier alpha value is -1.06. The lowest BCUT2D eigenvalue weighted by Crippen LogP contribution is -2.27. The molecule has 1 atom stereocenters. The average molecular weight is 235 g/mol. The van der Waals surface area contributed by atoms with Crippen LogP contribution in [0.5, 0.6) is 5.75 Å². The van der Waals surface area contributed by atoms with Gasteiger partial charge >= 0.3 is 0 Å². The highest BCUT2D eigenvalue weighted by Crippen LogP contribution is 2.32. The van der Waals surface area contributed by atoms with Gasteiger partial charge in [-0.2, -0.15) is 0 Å². The summed E-state index contributed by atoms with van der Waals surface area (Å²) in [6.07, 6.45) is 2.19. The molecule has 1 aromatic rings. The van der Waals surface area contributed by atoms with Crippen molar-refractivity contribution in [2.75, 3.05) is 13.2 Å². The number of aliphatic hydroxyl groups is 1. The predicted octanol–water partition coefficient (Wildman–Crippen LogP) is 1.95. The molecule has 1 aliphatic carbocycles. The van der Waals surface area contributed by atoms with Gasteiger partial charge in [0.05, 0.1) is 12.7 Å². The van der Waals surface area contributed by atoms with Crippen LogP contribution in [0.2, 0.25) is 0 Å². The quantitative estimate of drug-likeness (QED) is 0.759. The molecule has 0 aliphatic heterocycles. The van der Waals surface area contributed by atoms with Gasteiger partial charge in [-0.05, 0) is 43.4 Å². The van der Waals surface area contributed by atoms with Gasteiger partial charge in [-0.25, -0.2) is 0 Å². The van der Waals surface area contributed by atoms with Crippen LogP contribution in [0, 0.1) is 5.92 Å². The van der Waals surface area contributed by atoms with E-state index in [0.717, 1.165) is 12.3 Å². The third-order valence-corrected chi connectivity index (χ3v) is 3.06. The summed E-state index contributed by atoms with van der Waals surface area (Å²) < 4.78 is 5.44. The molecule has 2 N–H and O–H groups in total. The lowest BCUT2D eigenvalue weighted by atomic mass is 10.2. The second-order valence-corrected chi connectivity index (χ2v) is 4.62. The zero-order valence-corrected chi connectivity index (χ0v) is 10.4. The van der Waals surface area contributed by atoms with Crippen LogP contribution in [0.3, 0.4) is 0 Å². The maximum absolute atomic E-state index is 9.72. The number of ether oxygens (including phenoxy) is 1. The van der Waals surface area contributed by atoms with Crippen molar-refractivity contribution in [3.05, 3.63) is 29.8 Å². The minimum atomic E-state index is -0.176. The van der Waals surface area contributed by atoms with Crippen molar-refractivity contribution in [2.45, 2.75) is 32.4 Å². The van der Waals surface area contributed by atoms with Gasteiger partial charge in [-0.15, -0.1) is 0 Å². The molecule has 2 rings (SSSR count).